The lowest BCUT2D eigenvalue weighted by atomic mass is 9.76. The van der Waals surface area contributed by atoms with E-state index in [2.05, 4.69) is 27.7 Å². The Hall–Kier alpha value is -1.06. The topological polar surface area (TPSA) is 52.6 Å². The molecule has 0 bridgehead atoms. The van der Waals surface area contributed by atoms with Gasteiger partial charge in [0, 0.05) is 0 Å². The summed E-state index contributed by atoms with van der Waals surface area (Å²) in [6, 6.07) is 0. The van der Waals surface area contributed by atoms with Gasteiger partial charge in [-0.05, 0) is 88.9 Å². The highest BCUT2D eigenvalue weighted by atomic mass is 16.6. The van der Waals surface area contributed by atoms with Crippen molar-refractivity contribution in [1.82, 2.24) is 0 Å². The van der Waals surface area contributed by atoms with Gasteiger partial charge in [-0.1, -0.05) is 53.4 Å². The highest BCUT2D eigenvalue weighted by molar-refractivity contribution is 5.82. The van der Waals surface area contributed by atoms with Crippen LogP contribution in [0, 0.1) is 23.7 Å². The lowest BCUT2D eigenvalue weighted by molar-refractivity contribution is -0.185. The highest BCUT2D eigenvalue weighted by Gasteiger charge is 2.45. The highest BCUT2D eigenvalue weighted by Crippen LogP contribution is 2.42. The van der Waals surface area contributed by atoms with Crippen LogP contribution in [0.2, 0.25) is 0 Å². The van der Waals surface area contributed by atoms with E-state index in [9.17, 15) is 9.59 Å². The van der Waals surface area contributed by atoms with Gasteiger partial charge >= 0.3 is 11.9 Å². The van der Waals surface area contributed by atoms with Crippen molar-refractivity contribution in [2.24, 2.45) is 23.7 Å². The van der Waals surface area contributed by atoms with Crippen molar-refractivity contribution in [2.45, 2.75) is 142 Å². The Balaban J connectivity index is 1.71. The molecule has 2 unspecified atom stereocenters. The molecule has 0 aromatic heterocycles. The Morgan fingerprint density at radius 2 is 0.969 bits per heavy atom. The minimum absolute atomic E-state index is 0.129. The van der Waals surface area contributed by atoms with Crippen molar-refractivity contribution in [3.63, 3.8) is 0 Å². The minimum Gasteiger partial charge on any atom is -0.459 e. The summed E-state index contributed by atoms with van der Waals surface area (Å²) in [5.41, 5.74) is -0.644. The molecule has 184 valence electrons. The number of esters is 2. The normalized spacial score (nSPS) is 27.8. The first-order valence-corrected chi connectivity index (χ1v) is 13.7. The molecule has 0 N–H and O–H groups in total. The maximum atomic E-state index is 13.5. The zero-order chi connectivity index (χ0) is 23.2. The molecule has 0 saturated heterocycles. The van der Waals surface area contributed by atoms with E-state index in [1.807, 2.05) is 0 Å². The molecule has 0 spiro atoms. The average Bonchev–Trinajstić information content (AvgIpc) is 2.73. The Kier molecular flexibility index (Phi) is 9.09. The second-order valence-corrected chi connectivity index (χ2v) is 12.0. The van der Waals surface area contributed by atoms with E-state index in [1.165, 1.54) is 12.8 Å². The van der Waals surface area contributed by atoms with Gasteiger partial charge in [0.2, 0.25) is 0 Å². The van der Waals surface area contributed by atoms with Crippen LogP contribution >= 0.6 is 0 Å². The van der Waals surface area contributed by atoms with Crippen LogP contribution in [0.5, 0.6) is 0 Å². The maximum absolute atomic E-state index is 13.5. The smallest absolute Gasteiger partial charge is 0.310 e. The first-order valence-electron chi connectivity index (χ1n) is 13.7. The second kappa shape index (κ2) is 11.4. The van der Waals surface area contributed by atoms with E-state index >= 15 is 0 Å². The molecule has 0 amide bonds. The largest absolute Gasteiger partial charge is 0.459 e. The predicted molar refractivity (Wildman–Crippen MR) is 128 cm³/mol. The molecule has 0 aromatic carbocycles. The van der Waals surface area contributed by atoms with Crippen LogP contribution in [-0.4, -0.2) is 23.1 Å². The summed E-state index contributed by atoms with van der Waals surface area (Å²) < 4.78 is 12.7. The van der Waals surface area contributed by atoms with Crippen LogP contribution in [-0.2, 0) is 19.1 Å². The van der Waals surface area contributed by atoms with Gasteiger partial charge in [-0.3, -0.25) is 9.59 Å². The van der Waals surface area contributed by atoms with E-state index in [0.29, 0.717) is 11.8 Å². The molecule has 0 heterocycles. The molecule has 4 nitrogen and oxygen atoms in total. The van der Waals surface area contributed by atoms with Crippen molar-refractivity contribution >= 4 is 11.9 Å². The quantitative estimate of drug-likeness (QED) is 0.364. The fourth-order valence-corrected chi connectivity index (χ4v) is 6.85. The number of carbonyl (C=O) groups excluding carboxylic acids is 2. The lowest BCUT2D eigenvalue weighted by Gasteiger charge is -2.42. The molecule has 0 aromatic rings. The zero-order valence-corrected chi connectivity index (χ0v) is 21.3. The third kappa shape index (κ3) is 6.73. The average molecular weight is 449 g/mol. The van der Waals surface area contributed by atoms with Gasteiger partial charge < -0.3 is 9.47 Å². The Morgan fingerprint density at radius 3 is 1.28 bits per heavy atom. The van der Waals surface area contributed by atoms with Crippen LogP contribution < -0.4 is 0 Å². The van der Waals surface area contributed by atoms with Crippen molar-refractivity contribution in [3.8, 4) is 0 Å². The molecule has 3 fully saturated rings. The molecule has 4 heteroatoms. The summed E-state index contributed by atoms with van der Waals surface area (Å²) in [4.78, 5) is 27.0. The number of rotatable bonds is 8. The van der Waals surface area contributed by atoms with Gasteiger partial charge in [-0.15, -0.1) is 0 Å². The van der Waals surface area contributed by atoms with Gasteiger partial charge in [0.05, 0.1) is 11.8 Å². The maximum Gasteiger partial charge on any atom is 0.310 e. The molecule has 32 heavy (non-hydrogen) atoms. The van der Waals surface area contributed by atoms with E-state index in [1.54, 1.807) is 0 Å². The summed E-state index contributed by atoms with van der Waals surface area (Å²) in [5.74, 6) is 0.0701. The van der Waals surface area contributed by atoms with Gasteiger partial charge in [-0.2, -0.15) is 0 Å². The van der Waals surface area contributed by atoms with E-state index in [-0.39, 0.29) is 35.0 Å². The summed E-state index contributed by atoms with van der Waals surface area (Å²) in [6.07, 6.45) is 16.2. The summed E-state index contributed by atoms with van der Waals surface area (Å²) in [5, 5.41) is 0. The second-order valence-electron chi connectivity index (χ2n) is 12.0. The molecule has 0 aliphatic heterocycles. The predicted octanol–water partition coefficient (Wildman–Crippen LogP) is 7.38. The molecular formula is C28H48O4. The number of hydrogen-bond acceptors (Lipinski definition) is 4. The third-order valence-corrected chi connectivity index (χ3v) is 8.10. The number of ether oxygens (including phenoxy) is 2. The zero-order valence-electron chi connectivity index (χ0n) is 21.3. The Labute approximate surface area is 196 Å². The SMILES string of the molecule is CC(C)CC1(OC(=O)C2CCCCC2C(=O)OC2(CC(C)C)CCCCC2)CCCCC1. The van der Waals surface area contributed by atoms with Crippen molar-refractivity contribution in [3.05, 3.63) is 0 Å². The third-order valence-electron chi connectivity index (χ3n) is 8.10. The van der Waals surface area contributed by atoms with Crippen LogP contribution in [0.4, 0.5) is 0 Å². The Bertz CT molecular complexity index is 557. The van der Waals surface area contributed by atoms with Crippen LogP contribution in [0.25, 0.3) is 0 Å². The first kappa shape index (κ1) is 25.6. The van der Waals surface area contributed by atoms with Crippen molar-refractivity contribution < 1.29 is 19.1 Å². The van der Waals surface area contributed by atoms with Gasteiger partial charge in [0.1, 0.15) is 11.2 Å². The minimum atomic E-state index is -0.332. The Morgan fingerprint density at radius 1 is 0.625 bits per heavy atom. The van der Waals surface area contributed by atoms with E-state index < -0.39 is 0 Å². The standard InChI is InChI=1S/C28H48O4/c1-21(2)19-27(15-9-5-10-16-27)31-25(29)23-13-7-8-14-24(23)26(30)32-28(20-22(3)4)17-11-6-12-18-28/h21-24H,5-20H2,1-4H3. The lowest BCUT2D eigenvalue weighted by Crippen LogP contribution is -2.45. The van der Waals surface area contributed by atoms with Crippen LogP contribution in [0.15, 0.2) is 0 Å². The van der Waals surface area contributed by atoms with Crippen molar-refractivity contribution in [2.75, 3.05) is 0 Å². The van der Waals surface area contributed by atoms with E-state index in [0.717, 1.165) is 89.9 Å². The first-order chi connectivity index (χ1) is 15.2. The van der Waals surface area contributed by atoms with Crippen molar-refractivity contribution in [1.29, 1.82) is 0 Å². The van der Waals surface area contributed by atoms with Gasteiger partial charge in [-0.25, -0.2) is 0 Å². The fourth-order valence-electron chi connectivity index (χ4n) is 6.85. The van der Waals surface area contributed by atoms with E-state index in [4.69, 9.17) is 9.47 Å². The molecule has 3 rings (SSSR count). The molecular weight excluding hydrogens is 400 g/mol. The molecule has 3 aliphatic carbocycles. The van der Waals surface area contributed by atoms with Gasteiger partial charge in [0.15, 0.2) is 0 Å². The molecule has 3 aliphatic rings. The molecule has 3 saturated carbocycles. The summed E-state index contributed by atoms with van der Waals surface area (Å²) >= 11 is 0. The van der Waals surface area contributed by atoms with Crippen LogP contribution in [0.1, 0.15) is 130 Å². The van der Waals surface area contributed by atoms with Crippen LogP contribution in [0.3, 0.4) is 0 Å². The summed E-state index contributed by atoms with van der Waals surface area (Å²) in [6.45, 7) is 8.85. The van der Waals surface area contributed by atoms with Gasteiger partial charge in [0.25, 0.3) is 0 Å². The monoisotopic (exact) mass is 448 g/mol. The number of hydrogen-bond donors (Lipinski definition) is 0. The summed E-state index contributed by atoms with van der Waals surface area (Å²) in [7, 11) is 0. The molecule has 0 radical (unpaired) electrons. The molecule has 2 atom stereocenters. The fraction of sp³-hybridized carbons (Fsp3) is 0.929. The number of carbonyl (C=O) groups is 2.